The van der Waals surface area contributed by atoms with E-state index in [0.717, 1.165) is 5.02 Å². The first-order valence-electron chi connectivity index (χ1n) is 2.82. The van der Waals surface area contributed by atoms with Crippen molar-refractivity contribution in [2.75, 3.05) is 0 Å². The first kappa shape index (κ1) is 12.6. The molecule has 1 aromatic carbocycles. The fourth-order valence-corrected chi connectivity index (χ4v) is 0.560. The minimum Gasteiger partial charge on any atom is -0.412 e. The van der Waals surface area contributed by atoms with Crippen molar-refractivity contribution in [3.05, 3.63) is 35.4 Å². The third kappa shape index (κ3) is 8.96. The fraction of sp³-hybridized carbons (Fsp3) is 0.125. The minimum absolute atomic E-state index is 0. The molecular formula is C8H10ClNO. The van der Waals surface area contributed by atoms with Crippen molar-refractivity contribution in [2.45, 2.75) is 6.92 Å². The maximum atomic E-state index is 7.32. The van der Waals surface area contributed by atoms with Crippen LogP contribution in [0.15, 0.2) is 30.3 Å². The summed E-state index contributed by atoms with van der Waals surface area (Å²) in [5.41, 5.74) is 0. The highest BCUT2D eigenvalue weighted by Gasteiger charge is 1.74. The minimum atomic E-state index is 0. The van der Waals surface area contributed by atoms with Gasteiger partial charge in [0.25, 0.3) is 0 Å². The summed E-state index contributed by atoms with van der Waals surface area (Å²) in [6, 6.07) is 11.2. The lowest BCUT2D eigenvalue weighted by Crippen LogP contribution is -1.55. The van der Waals surface area contributed by atoms with Crippen LogP contribution in [-0.2, 0) is 0 Å². The Morgan fingerprint density at radius 1 is 1.27 bits per heavy atom. The van der Waals surface area contributed by atoms with Crippen molar-refractivity contribution < 1.29 is 5.48 Å². The molecule has 0 saturated carbocycles. The third-order valence-electron chi connectivity index (χ3n) is 0.733. The Kier molecular flexibility index (Phi) is 10.3. The van der Waals surface area contributed by atoms with E-state index in [1.807, 2.05) is 30.3 Å². The summed E-state index contributed by atoms with van der Waals surface area (Å²) >= 11 is 5.54. The van der Waals surface area contributed by atoms with Crippen LogP contribution in [0.2, 0.25) is 5.02 Å². The lowest BCUT2D eigenvalue weighted by Gasteiger charge is -1.80. The summed E-state index contributed by atoms with van der Waals surface area (Å²) in [7, 11) is 0. The molecule has 1 rings (SSSR count). The fourth-order valence-electron chi connectivity index (χ4n) is 0.415. The van der Waals surface area contributed by atoms with Crippen molar-refractivity contribution in [1.29, 1.82) is 5.26 Å². The molecular weight excluding hydrogens is 162 g/mol. The van der Waals surface area contributed by atoms with Crippen molar-refractivity contribution in [3.8, 4) is 6.07 Å². The number of benzene rings is 1. The number of hydrogen-bond acceptors (Lipinski definition) is 1. The zero-order valence-corrected chi connectivity index (χ0v) is 6.97. The standard InChI is InChI=1S/C6H5Cl.C2H3N.H2O/c7-6-4-2-1-3-5-6;1-2-3;/h1-5H;1H3;1H2. The normalized spacial score (nSPS) is 6.27. The van der Waals surface area contributed by atoms with Gasteiger partial charge in [0.2, 0.25) is 0 Å². The average Bonchev–Trinajstić information content (AvgIpc) is 1.91. The van der Waals surface area contributed by atoms with E-state index in [-0.39, 0.29) is 5.48 Å². The van der Waals surface area contributed by atoms with Gasteiger partial charge in [0.05, 0.1) is 6.07 Å². The molecule has 0 aromatic heterocycles. The van der Waals surface area contributed by atoms with Crippen LogP contribution in [0.5, 0.6) is 0 Å². The summed E-state index contributed by atoms with van der Waals surface area (Å²) < 4.78 is 0. The molecule has 0 saturated heterocycles. The predicted molar refractivity (Wildman–Crippen MR) is 46.4 cm³/mol. The number of nitriles is 1. The maximum absolute atomic E-state index is 7.32. The molecule has 0 atom stereocenters. The van der Waals surface area contributed by atoms with Gasteiger partial charge in [-0.15, -0.1) is 0 Å². The summed E-state index contributed by atoms with van der Waals surface area (Å²) in [4.78, 5) is 0. The van der Waals surface area contributed by atoms with Gasteiger partial charge < -0.3 is 5.48 Å². The first-order chi connectivity index (χ1) is 4.81. The van der Waals surface area contributed by atoms with E-state index < -0.39 is 0 Å². The van der Waals surface area contributed by atoms with Crippen LogP contribution in [0.1, 0.15) is 6.92 Å². The Labute approximate surface area is 71.3 Å². The van der Waals surface area contributed by atoms with Gasteiger partial charge in [-0.25, -0.2) is 0 Å². The second-order valence-corrected chi connectivity index (χ2v) is 1.96. The molecule has 0 radical (unpaired) electrons. The molecule has 3 heteroatoms. The van der Waals surface area contributed by atoms with Gasteiger partial charge >= 0.3 is 0 Å². The SMILES string of the molecule is CC#N.Clc1ccccc1.O. The second-order valence-electron chi connectivity index (χ2n) is 1.52. The zero-order chi connectivity index (χ0) is 7.82. The molecule has 0 spiro atoms. The summed E-state index contributed by atoms with van der Waals surface area (Å²) in [6.45, 7) is 1.43. The molecule has 0 aliphatic rings. The lowest BCUT2D eigenvalue weighted by molar-refractivity contribution is 0.824. The van der Waals surface area contributed by atoms with E-state index in [2.05, 4.69) is 0 Å². The molecule has 0 unspecified atom stereocenters. The molecule has 11 heavy (non-hydrogen) atoms. The maximum Gasteiger partial charge on any atom is 0.0587 e. The van der Waals surface area contributed by atoms with E-state index in [1.165, 1.54) is 6.92 Å². The molecule has 0 fully saturated rings. The van der Waals surface area contributed by atoms with Crippen LogP contribution in [0.25, 0.3) is 0 Å². The quantitative estimate of drug-likeness (QED) is 0.590. The van der Waals surface area contributed by atoms with Gasteiger partial charge in [0, 0.05) is 11.9 Å². The zero-order valence-electron chi connectivity index (χ0n) is 6.21. The Balaban J connectivity index is 0. The molecule has 0 aliphatic carbocycles. The number of nitrogens with zero attached hydrogens (tertiary/aromatic N) is 1. The average molecular weight is 172 g/mol. The van der Waals surface area contributed by atoms with Crippen molar-refractivity contribution in [2.24, 2.45) is 0 Å². The van der Waals surface area contributed by atoms with Crippen LogP contribution in [0, 0.1) is 11.3 Å². The van der Waals surface area contributed by atoms with Crippen molar-refractivity contribution in [3.63, 3.8) is 0 Å². The van der Waals surface area contributed by atoms with Crippen LogP contribution in [0.4, 0.5) is 0 Å². The molecule has 0 bridgehead atoms. The van der Waals surface area contributed by atoms with Crippen molar-refractivity contribution >= 4 is 11.6 Å². The number of hydrogen-bond donors (Lipinski definition) is 0. The Morgan fingerprint density at radius 3 is 1.82 bits per heavy atom. The van der Waals surface area contributed by atoms with Crippen LogP contribution in [0.3, 0.4) is 0 Å². The highest BCUT2D eigenvalue weighted by molar-refractivity contribution is 6.30. The lowest BCUT2D eigenvalue weighted by atomic mass is 10.4. The monoisotopic (exact) mass is 171 g/mol. The highest BCUT2D eigenvalue weighted by Crippen LogP contribution is 2.03. The van der Waals surface area contributed by atoms with E-state index >= 15 is 0 Å². The van der Waals surface area contributed by atoms with Crippen LogP contribution < -0.4 is 0 Å². The summed E-state index contributed by atoms with van der Waals surface area (Å²) in [6.07, 6.45) is 0. The number of halogens is 1. The molecule has 2 nitrogen and oxygen atoms in total. The van der Waals surface area contributed by atoms with Gasteiger partial charge in [-0.2, -0.15) is 5.26 Å². The Bertz CT molecular complexity index is 205. The molecule has 0 heterocycles. The molecule has 1 aromatic rings. The predicted octanol–water partition coefficient (Wildman–Crippen LogP) is 2.05. The molecule has 0 amide bonds. The Morgan fingerprint density at radius 2 is 1.64 bits per heavy atom. The van der Waals surface area contributed by atoms with E-state index in [0.29, 0.717) is 0 Å². The highest BCUT2D eigenvalue weighted by atomic mass is 35.5. The molecule has 0 aliphatic heterocycles. The van der Waals surface area contributed by atoms with E-state index in [1.54, 1.807) is 6.07 Å². The first-order valence-corrected chi connectivity index (χ1v) is 3.20. The second kappa shape index (κ2) is 8.96. The molecule has 2 N–H and O–H groups in total. The largest absolute Gasteiger partial charge is 0.412 e. The smallest absolute Gasteiger partial charge is 0.0587 e. The summed E-state index contributed by atoms with van der Waals surface area (Å²) in [5, 5.41) is 8.11. The van der Waals surface area contributed by atoms with Gasteiger partial charge in [-0.3, -0.25) is 0 Å². The van der Waals surface area contributed by atoms with Gasteiger partial charge in [-0.1, -0.05) is 29.8 Å². The third-order valence-corrected chi connectivity index (χ3v) is 0.985. The van der Waals surface area contributed by atoms with E-state index in [9.17, 15) is 0 Å². The van der Waals surface area contributed by atoms with Crippen LogP contribution in [-0.4, -0.2) is 5.48 Å². The number of rotatable bonds is 0. The topological polar surface area (TPSA) is 55.3 Å². The van der Waals surface area contributed by atoms with Gasteiger partial charge in [0.1, 0.15) is 0 Å². The van der Waals surface area contributed by atoms with E-state index in [4.69, 9.17) is 16.9 Å². The van der Waals surface area contributed by atoms with Crippen LogP contribution >= 0.6 is 11.6 Å². The van der Waals surface area contributed by atoms with Gasteiger partial charge in [0.15, 0.2) is 0 Å². The Hall–Kier alpha value is -1.04. The van der Waals surface area contributed by atoms with Gasteiger partial charge in [-0.05, 0) is 12.1 Å². The molecule has 60 valence electrons. The summed E-state index contributed by atoms with van der Waals surface area (Å²) in [5.74, 6) is 0. The van der Waals surface area contributed by atoms with Crippen molar-refractivity contribution in [1.82, 2.24) is 0 Å².